The van der Waals surface area contributed by atoms with Crippen LogP contribution in [0.1, 0.15) is 5.56 Å². The molecule has 0 aliphatic carbocycles. The summed E-state index contributed by atoms with van der Waals surface area (Å²) in [5, 5.41) is 9.67. The quantitative estimate of drug-likeness (QED) is 0.543. The zero-order chi connectivity index (χ0) is 21.8. The number of ether oxygens (including phenoxy) is 1. The first-order chi connectivity index (χ1) is 15.1. The van der Waals surface area contributed by atoms with E-state index in [1.54, 1.807) is 41.3 Å². The van der Waals surface area contributed by atoms with Gasteiger partial charge in [0.15, 0.2) is 0 Å². The third-order valence-electron chi connectivity index (χ3n) is 5.14. The summed E-state index contributed by atoms with van der Waals surface area (Å²) in [6.07, 6.45) is 0.362. The molecule has 0 saturated carbocycles. The molecule has 0 spiro atoms. The zero-order valence-electron chi connectivity index (χ0n) is 16.7. The normalized spacial score (nSPS) is 20.5. The Hall–Kier alpha value is -3.15. The van der Waals surface area contributed by atoms with Crippen LogP contribution in [0.25, 0.3) is 0 Å². The number of carbonyl (C=O) groups is 2. The van der Waals surface area contributed by atoms with Crippen molar-refractivity contribution in [3.8, 4) is 6.07 Å². The molecule has 0 N–H and O–H groups in total. The minimum atomic E-state index is -0.526. The monoisotopic (exact) mass is 437 g/mol. The van der Waals surface area contributed by atoms with E-state index in [1.165, 1.54) is 28.8 Å². The van der Waals surface area contributed by atoms with E-state index in [0.717, 1.165) is 5.56 Å². The first-order valence-electron chi connectivity index (χ1n) is 9.90. The standard InChI is InChI=1S/C23H20FN3O3S/c24-17-8-6-16(7-9-17)14-20-22(29)27(18-4-2-1-3-5-18)23(31-20)19(15-25)21(28)26-10-12-30-13-11-26/h1-9,20H,10-14H2/b23-19+/t20-/m1/s1. The van der Waals surface area contributed by atoms with Crippen LogP contribution in [0, 0.1) is 17.1 Å². The SMILES string of the molecule is N#C/C(C(=O)N1CCOCC1)=C1\S[C@H](Cc2ccc(F)cc2)C(=O)N1c1ccccc1. The summed E-state index contributed by atoms with van der Waals surface area (Å²) in [4.78, 5) is 29.5. The molecular formula is C23H20FN3O3S. The Bertz CT molecular complexity index is 1040. The molecule has 158 valence electrons. The number of benzene rings is 2. The number of anilines is 1. The van der Waals surface area contributed by atoms with Crippen LogP contribution in [0.2, 0.25) is 0 Å². The molecule has 2 aliphatic rings. The molecule has 0 radical (unpaired) electrons. The van der Waals surface area contributed by atoms with E-state index in [1.807, 2.05) is 12.1 Å². The summed E-state index contributed by atoms with van der Waals surface area (Å²) in [6.45, 7) is 1.64. The topological polar surface area (TPSA) is 73.6 Å². The highest BCUT2D eigenvalue weighted by Gasteiger charge is 2.41. The number of nitriles is 1. The molecule has 0 bridgehead atoms. The van der Waals surface area contributed by atoms with Gasteiger partial charge in [-0.15, -0.1) is 0 Å². The fourth-order valence-electron chi connectivity index (χ4n) is 3.55. The van der Waals surface area contributed by atoms with Gasteiger partial charge in [0.2, 0.25) is 5.91 Å². The molecule has 31 heavy (non-hydrogen) atoms. The van der Waals surface area contributed by atoms with Crippen molar-refractivity contribution in [2.45, 2.75) is 11.7 Å². The van der Waals surface area contributed by atoms with Crippen LogP contribution in [0.15, 0.2) is 65.2 Å². The van der Waals surface area contributed by atoms with Gasteiger partial charge in [0, 0.05) is 18.8 Å². The number of nitrogens with zero attached hydrogens (tertiary/aromatic N) is 3. The molecule has 6 nitrogen and oxygen atoms in total. The Labute approximate surface area is 183 Å². The number of amides is 2. The molecule has 2 amide bonds. The molecule has 0 aromatic heterocycles. The van der Waals surface area contributed by atoms with Crippen molar-refractivity contribution in [2.75, 3.05) is 31.2 Å². The number of thioether (sulfide) groups is 1. The highest BCUT2D eigenvalue weighted by atomic mass is 32.2. The van der Waals surface area contributed by atoms with Gasteiger partial charge in [-0.25, -0.2) is 4.39 Å². The van der Waals surface area contributed by atoms with Crippen molar-refractivity contribution in [1.82, 2.24) is 4.90 Å². The van der Waals surface area contributed by atoms with E-state index in [2.05, 4.69) is 0 Å². The van der Waals surface area contributed by atoms with E-state index >= 15 is 0 Å². The molecule has 2 aromatic rings. The van der Waals surface area contributed by atoms with Crippen LogP contribution in [0.5, 0.6) is 0 Å². The lowest BCUT2D eigenvalue weighted by atomic mass is 10.1. The molecule has 4 rings (SSSR count). The Morgan fingerprint density at radius 2 is 1.81 bits per heavy atom. The predicted octanol–water partition coefficient (Wildman–Crippen LogP) is 3.11. The van der Waals surface area contributed by atoms with Gasteiger partial charge in [-0.2, -0.15) is 5.26 Å². The maximum absolute atomic E-state index is 13.3. The second-order valence-corrected chi connectivity index (χ2v) is 8.33. The van der Waals surface area contributed by atoms with Gasteiger partial charge in [0.1, 0.15) is 22.5 Å². The van der Waals surface area contributed by atoms with Crippen LogP contribution >= 0.6 is 11.8 Å². The number of carbonyl (C=O) groups excluding carboxylic acids is 2. The van der Waals surface area contributed by atoms with Crippen molar-refractivity contribution in [3.05, 3.63) is 76.6 Å². The summed E-state index contributed by atoms with van der Waals surface area (Å²) < 4.78 is 18.6. The molecule has 2 fully saturated rings. The maximum Gasteiger partial charge on any atom is 0.267 e. The summed E-state index contributed by atoms with van der Waals surface area (Å²) in [7, 11) is 0. The Morgan fingerprint density at radius 3 is 2.45 bits per heavy atom. The number of rotatable bonds is 4. The Morgan fingerprint density at radius 1 is 1.13 bits per heavy atom. The van der Waals surface area contributed by atoms with Crippen LogP contribution in [-0.2, 0) is 20.7 Å². The van der Waals surface area contributed by atoms with Crippen LogP contribution in [0.4, 0.5) is 10.1 Å². The van der Waals surface area contributed by atoms with Gasteiger partial charge in [0.25, 0.3) is 5.91 Å². The Kier molecular flexibility index (Phi) is 6.35. The minimum absolute atomic E-state index is 0.0503. The lowest BCUT2D eigenvalue weighted by molar-refractivity contribution is -0.130. The third kappa shape index (κ3) is 4.48. The number of hydrogen-bond acceptors (Lipinski definition) is 5. The average molecular weight is 437 g/mol. The van der Waals surface area contributed by atoms with Crippen LogP contribution in [0.3, 0.4) is 0 Å². The lowest BCUT2D eigenvalue weighted by Gasteiger charge is -2.27. The van der Waals surface area contributed by atoms with E-state index < -0.39 is 11.2 Å². The predicted molar refractivity (Wildman–Crippen MR) is 115 cm³/mol. The van der Waals surface area contributed by atoms with Crippen molar-refractivity contribution in [2.24, 2.45) is 0 Å². The van der Waals surface area contributed by atoms with Gasteiger partial charge < -0.3 is 9.64 Å². The zero-order valence-corrected chi connectivity index (χ0v) is 17.5. The third-order valence-corrected chi connectivity index (χ3v) is 6.40. The minimum Gasteiger partial charge on any atom is -0.378 e. The summed E-state index contributed by atoms with van der Waals surface area (Å²) in [5.74, 6) is -0.953. The van der Waals surface area contributed by atoms with Crippen molar-refractivity contribution in [1.29, 1.82) is 5.26 Å². The van der Waals surface area contributed by atoms with E-state index in [0.29, 0.717) is 43.4 Å². The van der Waals surface area contributed by atoms with Crippen molar-refractivity contribution < 1.29 is 18.7 Å². The molecule has 0 unspecified atom stereocenters. The van der Waals surface area contributed by atoms with Gasteiger partial charge in [-0.1, -0.05) is 42.1 Å². The van der Waals surface area contributed by atoms with Crippen molar-refractivity contribution >= 4 is 29.3 Å². The molecular weight excluding hydrogens is 417 g/mol. The molecule has 2 heterocycles. The van der Waals surface area contributed by atoms with Gasteiger partial charge in [-0.3, -0.25) is 14.5 Å². The highest BCUT2D eigenvalue weighted by Crippen LogP contribution is 2.42. The van der Waals surface area contributed by atoms with Crippen LogP contribution in [-0.4, -0.2) is 48.3 Å². The van der Waals surface area contributed by atoms with E-state index in [-0.39, 0.29) is 17.3 Å². The van der Waals surface area contributed by atoms with E-state index in [4.69, 9.17) is 4.74 Å². The smallest absolute Gasteiger partial charge is 0.267 e. The first kappa shape index (κ1) is 21.1. The largest absolute Gasteiger partial charge is 0.378 e. The Balaban J connectivity index is 1.71. The number of morpholine rings is 1. The average Bonchev–Trinajstić information content (AvgIpc) is 3.12. The second kappa shape index (κ2) is 9.33. The van der Waals surface area contributed by atoms with Gasteiger partial charge >= 0.3 is 0 Å². The van der Waals surface area contributed by atoms with E-state index in [9.17, 15) is 19.2 Å². The second-order valence-electron chi connectivity index (χ2n) is 7.14. The number of para-hydroxylation sites is 1. The highest BCUT2D eigenvalue weighted by molar-refractivity contribution is 8.05. The summed E-state index contributed by atoms with van der Waals surface area (Å²) in [5.41, 5.74) is 1.35. The number of hydrogen-bond donors (Lipinski definition) is 0. The fraction of sp³-hybridized carbons (Fsp3) is 0.261. The molecule has 8 heteroatoms. The molecule has 2 saturated heterocycles. The summed E-state index contributed by atoms with van der Waals surface area (Å²) in [6, 6.07) is 17.0. The number of halogens is 1. The lowest BCUT2D eigenvalue weighted by Crippen LogP contribution is -2.42. The molecule has 2 aliphatic heterocycles. The van der Waals surface area contributed by atoms with Crippen molar-refractivity contribution in [3.63, 3.8) is 0 Å². The molecule has 1 atom stereocenters. The fourth-order valence-corrected chi connectivity index (χ4v) is 4.85. The van der Waals surface area contributed by atoms with Gasteiger partial charge in [-0.05, 0) is 36.2 Å². The van der Waals surface area contributed by atoms with Crippen LogP contribution < -0.4 is 4.90 Å². The van der Waals surface area contributed by atoms with Gasteiger partial charge in [0.05, 0.1) is 18.5 Å². The maximum atomic E-state index is 13.3. The first-order valence-corrected chi connectivity index (χ1v) is 10.8. The molecule has 2 aromatic carbocycles. The summed E-state index contributed by atoms with van der Waals surface area (Å²) >= 11 is 1.21.